The molecule has 14 heavy (non-hydrogen) atoms. The van der Waals surface area contributed by atoms with Crippen molar-refractivity contribution in [2.45, 2.75) is 20.0 Å². The molecule has 0 aliphatic rings. The van der Waals surface area contributed by atoms with E-state index in [4.69, 9.17) is 21.4 Å². The fourth-order valence-corrected chi connectivity index (χ4v) is 1.12. The lowest BCUT2D eigenvalue weighted by Gasteiger charge is -2.12. The predicted octanol–water partition coefficient (Wildman–Crippen LogP) is 2.50. The Morgan fingerprint density at radius 1 is 1.57 bits per heavy atom. The molecule has 0 saturated carbocycles. The summed E-state index contributed by atoms with van der Waals surface area (Å²) in [4.78, 5) is 10.5. The zero-order chi connectivity index (χ0) is 10.7. The van der Waals surface area contributed by atoms with Gasteiger partial charge in [0.2, 0.25) is 0 Å². The number of rotatable bonds is 3. The van der Waals surface area contributed by atoms with Crippen LogP contribution < -0.4 is 4.74 Å². The quantitative estimate of drug-likeness (QED) is 0.841. The van der Waals surface area contributed by atoms with Crippen LogP contribution in [-0.2, 0) is 4.79 Å². The summed E-state index contributed by atoms with van der Waals surface area (Å²) in [7, 11) is 0. The second-order valence-corrected chi connectivity index (χ2v) is 3.37. The van der Waals surface area contributed by atoms with Gasteiger partial charge >= 0.3 is 5.97 Å². The molecule has 0 bridgehead atoms. The number of hydrogen-bond acceptors (Lipinski definition) is 2. The number of ether oxygens (including phenoxy) is 1. The fourth-order valence-electron chi connectivity index (χ4n) is 0.956. The highest BCUT2D eigenvalue weighted by Crippen LogP contribution is 2.25. The van der Waals surface area contributed by atoms with Crippen molar-refractivity contribution in [1.29, 1.82) is 0 Å². The Hall–Kier alpha value is -1.22. The van der Waals surface area contributed by atoms with Crippen molar-refractivity contribution in [2.24, 2.45) is 0 Å². The summed E-state index contributed by atoms with van der Waals surface area (Å²) < 4.78 is 5.20. The summed E-state index contributed by atoms with van der Waals surface area (Å²) in [6.07, 6.45) is -0.868. The number of carboxylic acids is 1. The van der Waals surface area contributed by atoms with Gasteiger partial charge in [0, 0.05) is 10.6 Å². The maximum absolute atomic E-state index is 10.5. The number of aliphatic carboxylic acids is 1. The molecule has 0 aliphatic heterocycles. The molecule has 3 nitrogen and oxygen atoms in total. The molecule has 1 aromatic rings. The van der Waals surface area contributed by atoms with Crippen molar-refractivity contribution in [2.75, 3.05) is 0 Å². The highest BCUT2D eigenvalue weighted by molar-refractivity contribution is 6.31. The van der Waals surface area contributed by atoms with Gasteiger partial charge < -0.3 is 9.84 Å². The molecule has 1 rings (SSSR count). The van der Waals surface area contributed by atoms with E-state index in [0.717, 1.165) is 5.56 Å². The predicted molar refractivity (Wildman–Crippen MR) is 53.9 cm³/mol. The molecule has 1 N–H and O–H groups in total. The maximum atomic E-state index is 10.5. The second kappa shape index (κ2) is 4.33. The molecule has 0 amide bonds. The number of benzene rings is 1. The Labute approximate surface area is 87.3 Å². The van der Waals surface area contributed by atoms with Crippen LogP contribution >= 0.6 is 11.6 Å². The summed E-state index contributed by atoms with van der Waals surface area (Å²) in [5.41, 5.74) is 0.752. The van der Waals surface area contributed by atoms with Gasteiger partial charge in [-0.25, -0.2) is 4.79 Å². The Balaban J connectivity index is 2.87. The van der Waals surface area contributed by atoms with Gasteiger partial charge in [-0.1, -0.05) is 17.7 Å². The molecule has 0 heterocycles. The first-order valence-corrected chi connectivity index (χ1v) is 4.54. The van der Waals surface area contributed by atoms with Crippen molar-refractivity contribution < 1.29 is 14.6 Å². The van der Waals surface area contributed by atoms with E-state index in [9.17, 15) is 4.79 Å². The first-order chi connectivity index (χ1) is 6.52. The fraction of sp³-hybridized carbons (Fsp3) is 0.300. The third-order valence-corrected chi connectivity index (χ3v) is 2.28. The Morgan fingerprint density at radius 2 is 2.21 bits per heavy atom. The molecule has 0 aromatic heterocycles. The Morgan fingerprint density at radius 3 is 2.79 bits per heavy atom. The standard InChI is InChI=1S/C10H11ClO3/c1-6-8(11)4-3-5-9(6)14-7(2)10(12)13/h3-5,7H,1-2H3,(H,12,13). The van der Waals surface area contributed by atoms with Crippen molar-refractivity contribution >= 4 is 17.6 Å². The molecule has 0 saturated heterocycles. The van der Waals surface area contributed by atoms with Gasteiger partial charge in [0.05, 0.1) is 0 Å². The van der Waals surface area contributed by atoms with Gasteiger partial charge in [-0.2, -0.15) is 0 Å². The summed E-state index contributed by atoms with van der Waals surface area (Å²) in [6, 6.07) is 5.15. The van der Waals surface area contributed by atoms with E-state index in [1.54, 1.807) is 25.1 Å². The smallest absolute Gasteiger partial charge is 0.344 e. The SMILES string of the molecule is Cc1c(Cl)cccc1OC(C)C(=O)O. The van der Waals surface area contributed by atoms with Crippen LogP contribution in [0, 0.1) is 6.92 Å². The summed E-state index contributed by atoms with van der Waals surface area (Å²) >= 11 is 5.85. The van der Waals surface area contributed by atoms with E-state index >= 15 is 0 Å². The molecule has 0 fully saturated rings. The highest BCUT2D eigenvalue weighted by atomic mass is 35.5. The highest BCUT2D eigenvalue weighted by Gasteiger charge is 2.14. The average Bonchev–Trinajstić information content (AvgIpc) is 2.12. The van der Waals surface area contributed by atoms with Gasteiger partial charge in [-0.05, 0) is 26.0 Å². The van der Waals surface area contributed by atoms with Crippen molar-refractivity contribution in [3.8, 4) is 5.75 Å². The number of hydrogen-bond donors (Lipinski definition) is 1. The van der Waals surface area contributed by atoms with Gasteiger partial charge in [-0.15, -0.1) is 0 Å². The molecular formula is C10H11ClO3. The summed E-state index contributed by atoms with van der Waals surface area (Å²) in [5, 5.41) is 9.22. The van der Waals surface area contributed by atoms with Crippen LogP contribution in [0.2, 0.25) is 5.02 Å². The molecule has 1 aromatic carbocycles. The molecule has 0 radical (unpaired) electrons. The van der Waals surface area contributed by atoms with Gasteiger partial charge in [0.25, 0.3) is 0 Å². The monoisotopic (exact) mass is 214 g/mol. The van der Waals surface area contributed by atoms with E-state index in [2.05, 4.69) is 0 Å². The molecule has 76 valence electrons. The largest absolute Gasteiger partial charge is 0.479 e. The molecule has 1 unspecified atom stereocenters. The van der Waals surface area contributed by atoms with Crippen LogP contribution in [-0.4, -0.2) is 17.2 Å². The van der Waals surface area contributed by atoms with Gasteiger partial charge in [-0.3, -0.25) is 0 Å². The van der Waals surface area contributed by atoms with Crippen LogP contribution in [0.25, 0.3) is 0 Å². The van der Waals surface area contributed by atoms with E-state index < -0.39 is 12.1 Å². The lowest BCUT2D eigenvalue weighted by molar-refractivity contribution is -0.144. The van der Waals surface area contributed by atoms with E-state index in [1.807, 2.05) is 0 Å². The van der Waals surface area contributed by atoms with E-state index in [1.165, 1.54) is 6.92 Å². The Kier molecular flexibility index (Phi) is 3.36. The maximum Gasteiger partial charge on any atom is 0.344 e. The number of carboxylic acid groups (broad SMARTS) is 1. The van der Waals surface area contributed by atoms with Crippen LogP contribution in [0.15, 0.2) is 18.2 Å². The average molecular weight is 215 g/mol. The zero-order valence-electron chi connectivity index (χ0n) is 7.95. The topological polar surface area (TPSA) is 46.5 Å². The number of halogens is 1. The minimum absolute atomic E-state index is 0.507. The van der Waals surface area contributed by atoms with Crippen LogP contribution in [0.4, 0.5) is 0 Å². The van der Waals surface area contributed by atoms with Crippen LogP contribution in [0.3, 0.4) is 0 Å². The normalized spacial score (nSPS) is 12.2. The van der Waals surface area contributed by atoms with E-state index in [0.29, 0.717) is 10.8 Å². The van der Waals surface area contributed by atoms with Gasteiger partial charge in [0.15, 0.2) is 6.10 Å². The molecule has 4 heteroatoms. The van der Waals surface area contributed by atoms with Crippen molar-refractivity contribution in [3.63, 3.8) is 0 Å². The molecule has 1 atom stereocenters. The number of carbonyl (C=O) groups is 1. The third-order valence-electron chi connectivity index (χ3n) is 1.87. The Bertz CT molecular complexity index is 349. The first kappa shape index (κ1) is 10.9. The van der Waals surface area contributed by atoms with Crippen molar-refractivity contribution in [3.05, 3.63) is 28.8 Å². The minimum Gasteiger partial charge on any atom is -0.479 e. The summed E-state index contributed by atoms with van der Waals surface area (Å²) in [5.74, 6) is -0.489. The second-order valence-electron chi connectivity index (χ2n) is 2.96. The lowest BCUT2D eigenvalue weighted by atomic mass is 10.2. The first-order valence-electron chi connectivity index (χ1n) is 4.17. The molecule has 0 aliphatic carbocycles. The summed E-state index contributed by atoms with van der Waals surface area (Å²) in [6.45, 7) is 3.26. The van der Waals surface area contributed by atoms with E-state index in [-0.39, 0.29) is 0 Å². The lowest BCUT2D eigenvalue weighted by Crippen LogP contribution is -2.23. The minimum atomic E-state index is -0.996. The molecular weight excluding hydrogens is 204 g/mol. The zero-order valence-corrected chi connectivity index (χ0v) is 8.71. The van der Waals surface area contributed by atoms with Crippen LogP contribution in [0.5, 0.6) is 5.75 Å². The van der Waals surface area contributed by atoms with Crippen LogP contribution in [0.1, 0.15) is 12.5 Å². The van der Waals surface area contributed by atoms with Gasteiger partial charge in [0.1, 0.15) is 5.75 Å². The molecule has 0 spiro atoms. The van der Waals surface area contributed by atoms with Crippen molar-refractivity contribution in [1.82, 2.24) is 0 Å². The third kappa shape index (κ3) is 2.39.